The molecule has 176 valence electrons. The molecule has 7 nitrogen and oxygen atoms in total. The summed E-state index contributed by atoms with van der Waals surface area (Å²) in [4.78, 5) is 28.1. The van der Waals surface area contributed by atoms with Crippen molar-refractivity contribution in [1.29, 1.82) is 0 Å². The number of alkyl halides is 5. The third-order valence-electron chi connectivity index (χ3n) is 5.76. The van der Waals surface area contributed by atoms with E-state index in [0.29, 0.717) is 28.7 Å². The van der Waals surface area contributed by atoms with Gasteiger partial charge >= 0.3 is 18.1 Å². The Kier molecular flexibility index (Phi) is 7.01. The Morgan fingerprint density at radius 1 is 1.25 bits per heavy atom. The van der Waals surface area contributed by atoms with Crippen molar-refractivity contribution in [2.75, 3.05) is 7.05 Å². The number of halogens is 5. The molecule has 0 radical (unpaired) electrons. The third kappa shape index (κ3) is 5.34. The zero-order chi connectivity index (χ0) is 23.6. The Labute approximate surface area is 179 Å². The molecule has 2 unspecified atom stereocenters. The summed E-state index contributed by atoms with van der Waals surface area (Å²) in [6, 6.07) is 4.36. The van der Waals surface area contributed by atoms with Crippen LogP contribution in [0.3, 0.4) is 0 Å². The Morgan fingerprint density at radius 3 is 2.38 bits per heavy atom. The molecule has 2 aliphatic rings. The molecule has 12 heteroatoms. The van der Waals surface area contributed by atoms with Crippen LogP contribution in [0.5, 0.6) is 0 Å². The number of nitrogens with zero attached hydrogens (tertiary/aromatic N) is 3. The number of piperidine rings is 1. The summed E-state index contributed by atoms with van der Waals surface area (Å²) in [7, 11) is 2.13. The first kappa shape index (κ1) is 23.9. The van der Waals surface area contributed by atoms with E-state index >= 15 is 0 Å². The number of hydrogen-bond donors (Lipinski definition) is 1. The van der Waals surface area contributed by atoms with E-state index in [-0.39, 0.29) is 6.10 Å². The molecule has 4 rings (SSSR count). The zero-order valence-electron chi connectivity index (χ0n) is 17.1. The van der Waals surface area contributed by atoms with E-state index < -0.39 is 31.1 Å². The quantitative estimate of drug-likeness (QED) is 0.550. The lowest BCUT2D eigenvalue weighted by molar-refractivity contribution is -0.192. The number of aliphatic carboxylic acids is 1. The van der Waals surface area contributed by atoms with Crippen LogP contribution in [0, 0.1) is 0 Å². The van der Waals surface area contributed by atoms with Crippen LogP contribution in [-0.2, 0) is 16.1 Å². The molecular weight excluding hydrogens is 441 g/mol. The molecule has 1 N–H and O–H groups in total. The number of ether oxygens (including phenoxy) is 1. The van der Waals surface area contributed by atoms with Crippen molar-refractivity contribution in [2.24, 2.45) is 0 Å². The van der Waals surface area contributed by atoms with E-state index in [0.717, 1.165) is 25.7 Å². The summed E-state index contributed by atoms with van der Waals surface area (Å²) in [5.74, 6) is -3.20. The Morgan fingerprint density at radius 2 is 1.84 bits per heavy atom. The predicted octanol–water partition coefficient (Wildman–Crippen LogP) is 3.72. The van der Waals surface area contributed by atoms with Crippen LogP contribution in [0.2, 0.25) is 0 Å². The fourth-order valence-electron chi connectivity index (χ4n) is 4.25. The number of aromatic nitrogens is 2. The largest absolute Gasteiger partial charge is 0.490 e. The fraction of sp³-hybridized carbons (Fsp3) is 0.550. The van der Waals surface area contributed by atoms with E-state index in [1.165, 1.54) is 17.0 Å². The number of carboxylic acid groups (broad SMARTS) is 1. The molecule has 0 aromatic carbocycles. The van der Waals surface area contributed by atoms with Crippen LogP contribution in [0.4, 0.5) is 22.0 Å². The van der Waals surface area contributed by atoms with Crippen molar-refractivity contribution >= 4 is 23.0 Å². The lowest BCUT2D eigenvalue weighted by atomic mass is 10.0. The molecule has 2 aromatic rings. The molecular formula is C20H22F5N3O4. The topological polar surface area (TPSA) is 84.7 Å². The van der Waals surface area contributed by atoms with E-state index in [1.54, 1.807) is 12.1 Å². The molecule has 32 heavy (non-hydrogen) atoms. The van der Waals surface area contributed by atoms with Gasteiger partial charge in [-0.05, 0) is 32.0 Å². The van der Waals surface area contributed by atoms with Gasteiger partial charge in [-0.15, -0.1) is 0 Å². The van der Waals surface area contributed by atoms with Crippen molar-refractivity contribution < 1.29 is 41.4 Å². The maximum atomic E-state index is 12.8. The maximum Gasteiger partial charge on any atom is 0.490 e. The highest BCUT2D eigenvalue weighted by Crippen LogP contribution is 2.36. The molecule has 4 heterocycles. The number of pyridine rings is 1. The van der Waals surface area contributed by atoms with E-state index in [1.807, 2.05) is 0 Å². The zero-order valence-corrected chi connectivity index (χ0v) is 17.1. The summed E-state index contributed by atoms with van der Waals surface area (Å²) in [6.45, 7) is -0.487. The molecule has 0 spiro atoms. The molecule has 2 bridgehead atoms. The first-order valence-corrected chi connectivity index (χ1v) is 9.92. The number of carboxylic acids is 1. The standard InChI is InChI=1S/C18H21F2N3O2.C2HF3O2/c1-22-11-4-5-12(22)8-13(7-11)25-18(24)15-9-23(10-16(19)20)17-14(15)3-2-6-21-17;3-2(4,5)1(6)7/h2-3,6,9,11-13,16H,4-5,7-8,10H2,1H3;(H,6,7). The summed E-state index contributed by atoms with van der Waals surface area (Å²) >= 11 is 0. The number of esters is 1. The monoisotopic (exact) mass is 463 g/mol. The van der Waals surface area contributed by atoms with Crippen LogP contribution in [-0.4, -0.2) is 69.3 Å². The Balaban J connectivity index is 0.000000360. The van der Waals surface area contributed by atoms with Crippen LogP contribution in [0.15, 0.2) is 24.5 Å². The van der Waals surface area contributed by atoms with Gasteiger partial charge < -0.3 is 19.3 Å². The molecule has 2 saturated heterocycles. The number of hydrogen-bond acceptors (Lipinski definition) is 5. The van der Waals surface area contributed by atoms with Gasteiger partial charge in [0.25, 0.3) is 6.43 Å². The third-order valence-corrected chi connectivity index (χ3v) is 5.76. The molecule has 2 aliphatic heterocycles. The highest BCUT2D eigenvalue weighted by molar-refractivity contribution is 6.03. The number of carbonyl (C=O) groups excluding carboxylic acids is 1. The minimum Gasteiger partial charge on any atom is -0.475 e. The average molecular weight is 463 g/mol. The number of rotatable bonds is 4. The number of carbonyl (C=O) groups is 2. The van der Waals surface area contributed by atoms with Crippen molar-refractivity contribution in [1.82, 2.24) is 14.5 Å². The van der Waals surface area contributed by atoms with Gasteiger partial charge in [0.2, 0.25) is 0 Å². The molecule has 0 saturated carbocycles. The average Bonchev–Trinajstić information content (AvgIpc) is 3.14. The van der Waals surface area contributed by atoms with Gasteiger partial charge in [-0.2, -0.15) is 13.2 Å². The second-order valence-corrected chi connectivity index (χ2v) is 7.81. The SMILES string of the molecule is CN1C2CCC1CC(OC(=O)c1cn(CC(F)F)c3ncccc13)C2.O=C(O)C(F)(F)F. The van der Waals surface area contributed by atoms with Crippen molar-refractivity contribution in [2.45, 2.75) is 63.0 Å². The van der Waals surface area contributed by atoms with E-state index in [2.05, 4.69) is 16.9 Å². The first-order valence-electron chi connectivity index (χ1n) is 9.92. The smallest absolute Gasteiger partial charge is 0.475 e. The van der Waals surface area contributed by atoms with Gasteiger partial charge in [0, 0.05) is 42.7 Å². The highest BCUT2D eigenvalue weighted by Gasteiger charge is 2.40. The summed E-state index contributed by atoms with van der Waals surface area (Å²) in [5.41, 5.74) is 0.702. The van der Waals surface area contributed by atoms with Gasteiger partial charge in [-0.3, -0.25) is 0 Å². The van der Waals surface area contributed by atoms with Gasteiger partial charge in [0.05, 0.1) is 12.1 Å². The maximum absolute atomic E-state index is 12.8. The molecule has 0 amide bonds. The van der Waals surface area contributed by atoms with E-state index in [4.69, 9.17) is 14.6 Å². The normalized spacial score (nSPS) is 23.2. The highest BCUT2D eigenvalue weighted by atomic mass is 19.4. The van der Waals surface area contributed by atoms with Gasteiger partial charge in [0.15, 0.2) is 0 Å². The minimum atomic E-state index is -5.08. The van der Waals surface area contributed by atoms with Crippen molar-refractivity contribution in [3.8, 4) is 0 Å². The van der Waals surface area contributed by atoms with Gasteiger partial charge in [-0.1, -0.05) is 0 Å². The van der Waals surface area contributed by atoms with Crippen molar-refractivity contribution in [3.05, 3.63) is 30.1 Å². The molecule has 2 atom stereocenters. The summed E-state index contributed by atoms with van der Waals surface area (Å²) in [5, 5.41) is 7.68. The van der Waals surface area contributed by atoms with Crippen LogP contribution >= 0.6 is 0 Å². The van der Waals surface area contributed by atoms with Gasteiger partial charge in [0.1, 0.15) is 11.8 Å². The number of fused-ring (bicyclic) bond motifs is 3. The van der Waals surface area contributed by atoms with Crippen LogP contribution < -0.4 is 0 Å². The van der Waals surface area contributed by atoms with Crippen LogP contribution in [0.25, 0.3) is 11.0 Å². The summed E-state index contributed by atoms with van der Waals surface area (Å²) in [6.07, 6.45) is -0.750. The first-order chi connectivity index (χ1) is 15.0. The second-order valence-electron chi connectivity index (χ2n) is 7.81. The Bertz CT molecular complexity index is 964. The van der Waals surface area contributed by atoms with Crippen LogP contribution in [0.1, 0.15) is 36.0 Å². The lowest BCUT2D eigenvalue weighted by Crippen LogP contribution is -2.43. The van der Waals surface area contributed by atoms with Crippen molar-refractivity contribution in [3.63, 3.8) is 0 Å². The summed E-state index contributed by atoms with van der Waals surface area (Å²) < 4.78 is 64.4. The minimum absolute atomic E-state index is 0.105. The fourth-order valence-corrected chi connectivity index (χ4v) is 4.25. The molecule has 2 aromatic heterocycles. The predicted molar refractivity (Wildman–Crippen MR) is 102 cm³/mol. The lowest BCUT2D eigenvalue weighted by Gasteiger charge is -2.35. The second kappa shape index (κ2) is 9.39. The van der Waals surface area contributed by atoms with Gasteiger partial charge in [-0.25, -0.2) is 23.4 Å². The van der Waals surface area contributed by atoms with E-state index in [9.17, 15) is 26.7 Å². The molecule has 2 fully saturated rings. The molecule has 0 aliphatic carbocycles. The Hall–Kier alpha value is -2.76.